The van der Waals surface area contributed by atoms with Gasteiger partial charge in [0.15, 0.2) is 0 Å². The quantitative estimate of drug-likeness (QED) is 0.317. The molecule has 1 atom stereocenters. The van der Waals surface area contributed by atoms with Crippen LogP contribution in [0.25, 0.3) is 0 Å². The Morgan fingerprint density at radius 3 is 2.77 bits per heavy atom. The van der Waals surface area contributed by atoms with Gasteiger partial charge in [0.1, 0.15) is 0 Å². The van der Waals surface area contributed by atoms with E-state index in [4.69, 9.17) is 27.9 Å². The minimum Gasteiger partial charge on any atom is -0.458 e. The molecule has 0 bridgehead atoms. The van der Waals surface area contributed by atoms with E-state index in [9.17, 15) is 4.79 Å². The van der Waals surface area contributed by atoms with Gasteiger partial charge in [-0.1, -0.05) is 61.9 Å². The van der Waals surface area contributed by atoms with Crippen LogP contribution in [-0.2, 0) is 11.3 Å². The molecule has 2 rings (SSSR count). The second-order valence-corrected chi connectivity index (χ2v) is 8.03. The minimum absolute atomic E-state index is 0.179. The minimum atomic E-state index is -0.281. The van der Waals surface area contributed by atoms with Gasteiger partial charge >= 0.3 is 5.30 Å². The van der Waals surface area contributed by atoms with E-state index in [1.807, 2.05) is 16.8 Å². The number of halogens is 2. The fourth-order valence-electron chi connectivity index (χ4n) is 2.56. The predicted molar refractivity (Wildman–Crippen MR) is 109 cm³/mol. The van der Waals surface area contributed by atoms with Gasteiger partial charge in [-0.2, -0.15) is 0 Å². The van der Waals surface area contributed by atoms with E-state index in [2.05, 4.69) is 11.9 Å². The number of ether oxygens (including phenoxy) is 1. The summed E-state index contributed by atoms with van der Waals surface area (Å²) >= 11 is 13.5. The molecule has 0 saturated carbocycles. The topological polar surface area (TPSA) is 44.1 Å². The number of carbonyl (C=O) groups excluding carboxylic acids is 1. The summed E-state index contributed by atoms with van der Waals surface area (Å²) in [4.78, 5) is 16.3. The third kappa shape index (κ3) is 7.22. The number of hydrogen-bond acceptors (Lipinski definition) is 4. The molecule has 4 nitrogen and oxygen atoms in total. The van der Waals surface area contributed by atoms with E-state index in [1.165, 1.54) is 19.3 Å². The van der Waals surface area contributed by atoms with Gasteiger partial charge in [-0.15, -0.1) is 0 Å². The molecule has 7 heteroatoms. The summed E-state index contributed by atoms with van der Waals surface area (Å²) in [5.74, 6) is 0. The number of aromatic nitrogens is 2. The lowest BCUT2D eigenvalue weighted by Crippen LogP contribution is -2.10. The molecule has 0 aliphatic carbocycles. The molecule has 0 aliphatic rings. The van der Waals surface area contributed by atoms with Crippen molar-refractivity contribution in [1.29, 1.82) is 0 Å². The summed E-state index contributed by atoms with van der Waals surface area (Å²) in [6, 6.07) is 5.33. The first-order chi connectivity index (χ1) is 12.6. The first-order valence-electron chi connectivity index (χ1n) is 8.84. The Bertz CT molecular complexity index is 680. The number of thioether (sulfide) groups is 1. The lowest BCUT2D eigenvalue weighted by molar-refractivity contribution is 0.172. The lowest BCUT2D eigenvalue weighted by atomic mass is 10.1. The molecule has 26 heavy (non-hydrogen) atoms. The van der Waals surface area contributed by atoms with Crippen molar-refractivity contribution >= 4 is 40.3 Å². The van der Waals surface area contributed by atoms with Crippen molar-refractivity contribution in [3.05, 3.63) is 52.5 Å². The number of rotatable bonds is 10. The lowest BCUT2D eigenvalue weighted by Gasteiger charge is -2.18. The van der Waals surface area contributed by atoms with Crippen LogP contribution in [0.15, 0.2) is 36.9 Å². The molecule has 142 valence electrons. The summed E-state index contributed by atoms with van der Waals surface area (Å²) in [5.41, 5.74) is 0.856. The zero-order chi connectivity index (χ0) is 18.8. The van der Waals surface area contributed by atoms with Gasteiger partial charge < -0.3 is 9.30 Å². The van der Waals surface area contributed by atoms with E-state index >= 15 is 0 Å². The van der Waals surface area contributed by atoms with Crippen LogP contribution < -0.4 is 0 Å². The number of unbranched alkanes of at least 4 members (excludes halogenated alkanes) is 4. The van der Waals surface area contributed by atoms with Crippen molar-refractivity contribution in [3.8, 4) is 0 Å². The number of imidazole rings is 1. The van der Waals surface area contributed by atoms with Crippen molar-refractivity contribution in [2.24, 2.45) is 0 Å². The summed E-state index contributed by atoms with van der Waals surface area (Å²) in [5, 5.41) is 0.653. The van der Waals surface area contributed by atoms with Crippen molar-refractivity contribution < 1.29 is 9.53 Å². The number of hydrogen-bond donors (Lipinski definition) is 0. The number of carbonyl (C=O) groups is 1. The Balaban J connectivity index is 1.94. The van der Waals surface area contributed by atoms with Gasteiger partial charge in [0, 0.05) is 29.0 Å². The Labute approximate surface area is 169 Å². The highest BCUT2D eigenvalue weighted by Crippen LogP contribution is 2.37. The highest BCUT2D eigenvalue weighted by molar-refractivity contribution is 8.13. The standard InChI is InChI=1S/C19H24Cl2N2O2S/c1-2-3-4-5-6-11-25-19(24)26-18(13-23-10-9-22-14-23)16-8-7-15(20)12-17(16)21/h7-10,12,14,18H,2-6,11,13H2,1H3. The maximum Gasteiger partial charge on any atom is 0.367 e. The SMILES string of the molecule is CCCCCCCOC(=O)SC(Cn1ccnc1)c1ccc(Cl)cc1Cl. The third-order valence-corrected chi connectivity index (χ3v) is 5.51. The molecule has 0 N–H and O–H groups in total. The number of nitrogens with zero attached hydrogens (tertiary/aromatic N) is 2. The number of benzene rings is 1. The zero-order valence-electron chi connectivity index (χ0n) is 14.9. The van der Waals surface area contributed by atoms with E-state index < -0.39 is 0 Å². The van der Waals surface area contributed by atoms with E-state index in [-0.39, 0.29) is 10.6 Å². The van der Waals surface area contributed by atoms with Crippen molar-refractivity contribution in [3.63, 3.8) is 0 Å². The second kappa shape index (κ2) is 11.5. The van der Waals surface area contributed by atoms with Crippen LogP contribution in [0, 0.1) is 0 Å². The van der Waals surface area contributed by atoms with Crippen molar-refractivity contribution in [1.82, 2.24) is 9.55 Å². The second-order valence-electron chi connectivity index (χ2n) is 6.04. The Morgan fingerprint density at radius 2 is 2.08 bits per heavy atom. The van der Waals surface area contributed by atoms with Gasteiger partial charge in [-0.05, 0) is 35.9 Å². The first kappa shape index (κ1) is 21.1. The maximum atomic E-state index is 12.3. The molecule has 1 aromatic carbocycles. The van der Waals surface area contributed by atoms with Gasteiger partial charge in [-0.3, -0.25) is 0 Å². The molecule has 0 amide bonds. The maximum absolute atomic E-state index is 12.3. The van der Waals surface area contributed by atoms with Crippen LogP contribution in [0.1, 0.15) is 49.8 Å². The summed E-state index contributed by atoms with van der Waals surface area (Å²) in [6.45, 7) is 3.21. The smallest absolute Gasteiger partial charge is 0.367 e. The van der Waals surface area contributed by atoms with Crippen LogP contribution in [0.4, 0.5) is 4.79 Å². The van der Waals surface area contributed by atoms with Crippen molar-refractivity contribution in [2.45, 2.75) is 50.8 Å². The average molecular weight is 415 g/mol. The molecule has 0 aliphatic heterocycles. The van der Waals surface area contributed by atoms with Crippen LogP contribution in [0.2, 0.25) is 10.0 Å². The molecular formula is C19H24Cl2N2O2S. The summed E-state index contributed by atoms with van der Waals surface area (Å²) in [6.07, 6.45) is 10.9. The molecule has 0 saturated heterocycles. The van der Waals surface area contributed by atoms with Gasteiger partial charge in [0.25, 0.3) is 0 Å². The first-order valence-corrected chi connectivity index (χ1v) is 10.5. The molecule has 0 spiro atoms. The summed E-state index contributed by atoms with van der Waals surface area (Å²) < 4.78 is 7.30. The Morgan fingerprint density at radius 1 is 1.27 bits per heavy atom. The monoisotopic (exact) mass is 414 g/mol. The molecule has 1 aromatic heterocycles. The fraction of sp³-hybridized carbons (Fsp3) is 0.474. The molecule has 1 heterocycles. The van der Waals surface area contributed by atoms with Crippen molar-refractivity contribution in [2.75, 3.05) is 6.61 Å². The van der Waals surface area contributed by atoms with E-state index in [0.29, 0.717) is 23.2 Å². The van der Waals surface area contributed by atoms with Gasteiger partial charge in [-0.25, -0.2) is 9.78 Å². The average Bonchev–Trinajstić information content (AvgIpc) is 3.10. The van der Waals surface area contributed by atoms with Crippen LogP contribution in [0.5, 0.6) is 0 Å². The van der Waals surface area contributed by atoms with Crippen LogP contribution >= 0.6 is 35.0 Å². The fourth-order valence-corrected chi connectivity index (χ4v) is 4.13. The van der Waals surface area contributed by atoms with Crippen LogP contribution in [-0.4, -0.2) is 21.5 Å². The van der Waals surface area contributed by atoms with E-state index in [1.54, 1.807) is 24.7 Å². The third-order valence-electron chi connectivity index (χ3n) is 3.95. The zero-order valence-corrected chi connectivity index (χ0v) is 17.2. The van der Waals surface area contributed by atoms with Gasteiger partial charge in [0.2, 0.25) is 0 Å². The molecule has 2 aromatic rings. The summed E-state index contributed by atoms with van der Waals surface area (Å²) in [7, 11) is 0. The van der Waals surface area contributed by atoms with Crippen LogP contribution in [0.3, 0.4) is 0 Å². The molecule has 1 unspecified atom stereocenters. The Kier molecular flexibility index (Phi) is 9.37. The van der Waals surface area contributed by atoms with Gasteiger partial charge in [0.05, 0.1) is 18.2 Å². The van der Waals surface area contributed by atoms with E-state index in [0.717, 1.165) is 30.2 Å². The highest BCUT2D eigenvalue weighted by atomic mass is 35.5. The predicted octanol–water partition coefficient (Wildman–Crippen LogP) is 6.77. The molecule has 0 fully saturated rings. The highest BCUT2D eigenvalue weighted by Gasteiger charge is 2.21. The molecule has 0 radical (unpaired) electrons. The normalized spacial score (nSPS) is 12.1. The Hall–Kier alpha value is -1.17. The largest absolute Gasteiger partial charge is 0.458 e. The molecular weight excluding hydrogens is 391 g/mol.